The molecule has 1 aromatic heterocycles. The number of amides is 1. The molecule has 11 heteroatoms. The number of ether oxygens (including phenoxy) is 1. The van der Waals surface area contributed by atoms with Crippen molar-refractivity contribution in [3.8, 4) is 0 Å². The van der Waals surface area contributed by atoms with Gasteiger partial charge >= 0.3 is 5.97 Å². The van der Waals surface area contributed by atoms with Gasteiger partial charge in [-0.1, -0.05) is 42.8 Å². The van der Waals surface area contributed by atoms with Crippen molar-refractivity contribution >= 4 is 39.1 Å². The van der Waals surface area contributed by atoms with Crippen molar-refractivity contribution in [2.75, 3.05) is 19.0 Å². The van der Waals surface area contributed by atoms with Gasteiger partial charge < -0.3 is 10.1 Å². The Morgan fingerprint density at radius 3 is 2.65 bits per heavy atom. The number of aromatic nitrogens is 2. The molecule has 0 atom stereocenters. The minimum atomic E-state index is -3.79. The molecule has 1 aliphatic rings. The fraction of sp³-hybridized carbons (Fsp3) is 0.500. The number of rotatable bonds is 8. The molecule has 1 heterocycles. The van der Waals surface area contributed by atoms with Gasteiger partial charge in [0, 0.05) is 13.1 Å². The second-order valence-corrected chi connectivity index (χ2v) is 10.1. The minimum absolute atomic E-state index is 0.0164. The van der Waals surface area contributed by atoms with Crippen molar-refractivity contribution in [1.29, 1.82) is 0 Å². The van der Waals surface area contributed by atoms with Crippen LogP contribution in [0.2, 0.25) is 0 Å². The summed E-state index contributed by atoms with van der Waals surface area (Å²) in [5.41, 5.74) is 0.664. The molecule has 1 N–H and O–H groups in total. The summed E-state index contributed by atoms with van der Waals surface area (Å²) in [6, 6.07) is 6.18. The number of nitrogens with one attached hydrogen (secondary N) is 1. The summed E-state index contributed by atoms with van der Waals surface area (Å²) < 4.78 is 36.6. The first kappa shape index (κ1) is 23.3. The average Bonchev–Trinajstić information content (AvgIpc) is 3.27. The topological polar surface area (TPSA) is 119 Å². The van der Waals surface area contributed by atoms with Crippen molar-refractivity contribution < 1.29 is 22.7 Å². The maximum absolute atomic E-state index is 13.2. The SMILES string of the molecule is CCc1nnsc1C(=O)OCC(=O)Nc1ccccc1S(=O)(=O)N(C)C1CCCCC1. The van der Waals surface area contributed by atoms with Gasteiger partial charge in [-0.2, -0.15) is 4.31 Å². The van der Waals surface area contributed by atoms with E-state index in [0.29, 0.717) is 12.1 Å². The summed E-state index contributed by atoms with van der Waals surface area (Å²) in [6.45, 7) is 1.29. The smallest absolute Gasteiger partial charge is 0.352 e. The monoisotopic (exact) mass is 466 g/mol. The quantitative estimate of drug-likeness (QED) is 0.594. The largest absolute Gasteiger partial charge is 0.451 e. The number of carbonyl (C=O) groups is 2. The van der Waals surface area contributed by atoms with Gasteiger partial charge in [0.2, 0.25) is 10.0 Å². The maximum atomic E-state index is 13.2. The number of nitrogens with zero attached hydrogens (tertiary/aromatic N) is 3. The molecule has 0 bridgehead atoms. The van der Waals surface area contributed by atoms with Crippen molar-refractivity contribution in [2.24, 2.45) is 0 Å². The molecule has 1 aromatic carbocycles. The van der Waals surface area contributed by atoms with E-state index in [9.17, 15) is 18.0 Å². The predicted octanol–water partition coefficient (Wildman–Crippen LogP) is 2.85. The first-order chi connectivity index (χ1) is 14.8. The summed E-state index contributed by atoms with van der Waals surface area (Å²) in [7, 11) is -2.21. The van der Waals surface area contributed by atoms with Crippen molar-refractivity contribution in [3.05, 3.63) is 34.8 Å². The highest BCUT2D eigenvalue weighted by Gasteiger charge is 2.31. The van der Waals surface area contributed by atoms with E-state index >= 15 is 0 Å². The summed E-state index contributed by atoms with van der Waals surface area (Å²) in [4.78, 5) is 24.8. The Morgan fingerprint density at radius 1 is 1.23 bits per heavy atom. The molecule has 0 radical (unpaired) electrons. The molecule has 1 saturated carbocycles. The van der Waals surface area contributed by atoms with Crippen LogP contribution in [0.5, 0.6) is 0 Å². The molecule has 2 aromatic rings. The normalized spacial score (nSPS) is 15.1. The van der Waals surface area contributed by atoms with Crippen LogP contribution in [0, 0.1) is 0 Å². The lowest BCUT2D eigenvalue weighted by molar-refractivity contribution is -0.119. The number of benzene rings is 1. The summed E-state index contributed by atoms with van der Waals surface area (Å²) >= 11 is 0.908. The Kier molecular flexibility index (Phi) is 7.74. The number of para-hydroxylation sites is 1. The summed E-state index contributed by atoms with van der Waals surface area (Å²) in [5, 5.41) is 6.39. The molecule has 1 aliphatic carbocycles. The number of esters is 1. The number of hydrogen-bond acceptors (Lipinski definition) is 8. The van der Waals surface area contributed by atoms with E-state index in [2.05, 4.69) is 14.9 Å². The number of aryl methyl sites for hydroxylation is 1. The molecule has 0 saturated heterocycles. The molecular weight excluding hydrogens is 440 g/mol. The molecule has 1 fully saturated rings. The molecule has 0 spiro atoms. The van der Waals surface area contributed by atoms with Gasteiger partial charge in [0.05, 0.1) is 11.4 Å². The molecule has 31 heavy (non-hydrogen) atoms. The van der Waals surface area contributed by atoms with E-state index in [1.165, 1.54) is 16.4 Å². The number of anilines is 1. The first-order valence-electron chi connectivity index (χ1n) is 10.2. The maximum Gasteiger partial charge on any atom is 0.352 e. The molecule has 9 nitrogen and oxygen atoms in total. The van der Waals surface area contributed by atoms with E-state index in [-0.39, 0.29) is 21.5 Å². The second kappa shape index (κ2) is 10.3. The van der Waals surface area contributed by atoms with Crippen molar-refractivity contribution in [1.82, 2.24) is 13.9 Å². The lowest BCUT2D eigenvalue weighted by atomic mass is 9.96. The van der Waals surface area contributed by atoms with E-state index in [0.717, 1.165) is 43.6 Å². The predicted molar refractivity (Wildman–Crippen MR) is 116 cm³/mol. The van der Waals surface area contributed by atoms with Crippen LogP contribution in [-0.2, 0) is 26.0 Å². The zero-order chi connectivity index (χ0) is 22.4. The Morgan fingerprint density at radius 2 is 1.94 bits per heavy atom. The molecule has 0 aliphatic heterocycles. The highest BCUT2D eigenvalue weighted by molar-refractivity contribution is 7.89. The Balaban J connectivity index is 1.68. The third-order valence-electron chi connectivity index (χ3n) is 5.32. The Bertz CT molecular complexity index is 1030. The van der Waals surface area contributed by atoms with Crippen molar-refractivity contribution in [3.63, 3.8) is 0 Å². The van der Waals surface area contributed by atoms with Crippen LogP contribution in [0.3, 0.4) is 0 Å². The van der Waals surface area contributed by atoms with Crippen LogP contribution in [0.4, 0.5) is 5.69 Å². The number of carbonyl (C=O) groups excluding carboxylic acids is 2. The van der Waals surface area contributed by atoms with Gasteiger partial charge in [-0.3, -0.25) is 4.79 Å². The first-order valence-corrected chi connectivity index (χ1v) is 12.4. The number of sulfonamides is 1. The summed E-state index contributed by atoms with van der Waals surface area (Å²) in [6.07, 6.45) is 5.30. The van der Waals surface area contributed by atoms with E-state index in [1.807, 2.05) is 6.92 Å². The Labute approximate surface area is 186 Å². The van der Waals surface area contributed by atoms with Gasteiger partial charge in [0.25, 0.3) is 5.91 Å². The van der Waals surface area contributed by atoms with Crippen LogP contribution in [0.25, 0.3) is 0 Å². The van der Waals surface area contributed by atoms with E-state index in [4.69, 9.17) is 4.74 Å². The van der Waals surface area contributed by atoms with E-state index in [1.54, 1.807) is 19.2 Å². The zero-order valence-electron chi connectivity index (χ0n) is 17.5. The lowest BCUT2D eigenvalue weighted by Crippen LogP contribution is -2.38. The second-order valence-electron chi connectivity index (χ2n) is 7.34. The zero-order valence-corrected chi connectivity index (χ0v) is 19.2. The van der Waals surface area contributed by atoms with Gasteiger partial charge in [0.1, 0.15) is 4.90 Å². The van der Waals surface area contributed by atoms with Crippen LogP contribution < -0.4 is 5.32 Å². The number of hydrogen-bond donors (Lipinski definition) is 1. The highest BCUT2D eigenvalue weighted by Crippen LogP contribution is 2.29. The lowest BCUT2D eigenvalue weighted by Gasteiger charge is -2.30. The molecule has 0 unspecified atom stereocenters. The molecule has 168 valence electrons. The minimum Gasteiger partial charge on any atom is -0.451 e. The van der Waals surface area contributed by atoms with Crippen molar-refractivity contribution in [2.45, 2.75) is 56.4 Å². The summed E-state index contributed by atoms with van der Waals surface area (Å²) in [5.74, 6) is -1.31. The van der Waals surface area contributed by atoms with Crippen LogP contribution in [0.15, 0.2) is 29.2 Å². The van der Waals surface area contributed by atoms with Gasteiger partial charge in [-0.15, -0.1) is 5.10 Å². The van der Waals surface area contributed by atoms with Crippen LogP contribution in [-0.4, -0.2) is 53.9 Å². The fourth-order valence-corrected chi connectivity index (χ4v) is 5.77. The van der Waals surface area contributed by atoms with Gasteiger partial charge in [-0.05, 0) is 42.9 Å². The van der Waals surface area contributed by atoms with E-state index < -0.39 is 28.5 Å². The third kappa shape index (κ3) is 5.46. The Hall–Kier alpha value is -2.37. The van der Waals surface area contributed by atoms with Gasteiger partial charge in [0.15, 0.2) is 11.5 Å². The van der Waals surface area contributed by atoms with Gasteiger partial charge in [-0.25, -0.2) is 13.2 Å². The fourth-order valence-electron chi connectivity index (χ4n) is 3.57. The van der Waals surface area contributed by atoms with Crippen LogP contribution in [0.1, 0.15) is 54.4 Å². The van der Waals surface area contributed by atoms with Crippen LogP contribution >= 0.6 is 11.5 Å². The molecule has 3 rings (SSSR count). The molecular formula is C20H26N4O5S2. The third-order valence-corrected chi connectivity index (χ3v) is 8.03. The highest BCUT2D eigenvalue weighted by atomic mass is 32.2. The average molecular weight is 467 g/mol. The standard InChI is InChI=1S/C20H26N4O5S2/c1-3-15-19(30-23-22-15)20(26)29-13-18(25)21-16-11-7-8-12-17(16)31(27,28)24(2)14-9-5-4-6-10-14/h7-8,11-12,14H,3-6,9-10,13H2,1-2H3,(H,21,25). The molecule has 1 amide bonds.